The quantitative estimate of drug-likeness (QED) is 0.695. The Morgan fingerprint density at radius 1 is 1.16 bits per heavy atom. The van der Waals surface area contributed by atoms with Crippen LogP contribution in [0, 0.1) is 0 Å². The summed E-state index contributed by atoms with van der Waals surface area (Å²) in [6.07, 6.45) is 0.838. The molecule has 1 fully saturated rings. The van der Waals surface area contributed by atoms with Crippen molar-refractivity contribution in [2.45, 2.75) is 55.7 Å². The SMILES string of the molecule is CC(C)c1ccc([C@@]2(C)NC(=O)N(CC(=O)N3CC[C@H](C)Sc4ccccc43)C2=O)cc1. The van der Waals surface area contributed by atoms with Crippen LogP contribution in [0.2, 0.25) is 0 Å². The topological polar surface area (TPSA) is 69.7 Å². The van der Waals surface area contributed by atoms with E-state index in [2.05, 4.69) is 26.1 Å². The number of hydrogen-bond donors (Lipinski definition) is 1. The summed E-state index contributed by atoms with van der Waals surface area (Å²) in [6, 6.07) is 15.0. The van der Waals surface area contributed by atoms with Gasteiger partial charge in [0.15, 0.2) is 0 Å². The molecule has 6 nitrogen and oxygen atoms in total. The Kier molecular flexibility index (Phi) is 6.03. The molecule has 7 heteroatoms. The van der Waals surface area contributed by atoms with E-state index in [1.165, 1.54) is 0 Å². The highest BCUT2D eigenvalue weighted by Crippen LogP contribution is 2.37. The van der Waals surface area contributed by atoms with E-state index in [1.807, 2.05) is 48.5 Å². The fraction of sp³-hybridized carbons (Fsp3) is 0.400. The first-order valence-electron chi connectivity index (χ1n) is 11.0. The fourth-order valence-electron chi connectivity index (χ4n) is 4.20. The molecule has 0 bridgehead atoms. The Labute approximate surface area is 193 Å². The molecule has 32 heavy (non-hydrogen) atoms. The van der Waals surface area contributed by atoms with Crippen molar-refractivity contribution in [2.75, 3.05) is 18.0 Å². The van der Waals surface area contributed by atoms with E-state index in [-0.39, 0.29) is 12.5 Å². The first kappa shape index (κ1) is 22.4. The number of amides is 4. The molecule has 1 saturated heterocycles. The summed E-state index contributed by atoms with van der Waals surface area (Å²) >= 11 is 1.74. The molecule has 0 spiro atoms. The standard InChI is InChI=1S/C25H29N3O3S/c1-16(2)18-9-11-19(12-10-18)25(4)23(30)28(24(31)26-25)15-22(29)27-14-13-17(3)32-21-8-6-5-7-20(21)27/h5-12,16-17H,13-15H2,1-4H3,(H,26,31)/t17-,25+/m0/s1. The summed E-state index contributed by atoms with van der Waals surface area (Å²) in [5, 5.41) is 3.18. The maximum atomic E-state index is 13.3. The molecule has 0 radical (unpaired) electrons. The van der Waals surface area contributed by atoms with Crippen LogP contribution >= 0.6 is 11.8 Å². The Hall–Kier alpha value is -2.80. The molecule has 0 unspecified atom stereocenters. The van der Waals surface area contributed by atoms with E-state index >= 15 is 0 Å². The van der Waals surface area contributed by atoms with Gasteiger partial charge in [0.2, 0.25) is 5.91 Å². The fourth-order valence-corrected chi connectivity index (χ4v) is 5.32. The number of para-hydroxylation sites is 1. The molecule has 2 atom stereocenters. The van der Waals surface area contributed by atoms with E-state index in [1.54, 1.807) is 23.6 Å². The molecule has 4 amide bonds. The van der Waals surface area contributed by atoms with Crippen molar-refractivity contribution in [3.05, 3.63) is 59.7 Å². The molecule has 0 aliphatic carbocycles. The Morgan fingerprint density at radius 2 is 1.84 bits per heavy atom. The zero-order chi connectivity index (χ0) is 23.0. The number of carbonyl (C=O) groups is 3. The van der Waals surface area contributed by atoms with Gasteiger partial charge in [0.1, 0.15) is 12.1 Å². The first-order chi connectivity index (χ1) is 15.2. The van der Waals surface area contributed by atoms with E-state index in [4.69, 9.17) is 0 Å². The number of hydrogen-bond acceptors (Lipinski definition) is 4. The van der Waals surface area contributed by atoms with Crippen LogP contribution < -0.4 is 10.2 Å². The molecule has 0 aromatic heterocycles. The average Bonchev–Trinajstić information content (AvgIpc) is 2.90. The van der Waals surface area contributed by atoms with E-state index < -0.39 is 17.5 Å². The zero-order valence-electron chi connectivity index (χ0n) is 18.9. The second-order valence-corrected chi connectivity index (χ2v) is 10.4. The minimum atomic E-state index is -1.19. The van der Waals surface area contributed by atoms with Gasteiger partial charge in [-0.1, -0.05) is 57.2 Å². The van der Waals surface area contributed by atoms with E-state index in [0.29, 0.717) is 23.3 Å². The molecule has 2 heterocycles. The summed E-state index contributed by atoms with van der Waals surface area (Å²) < 4.78 is 0. The third kappa shape index (κ3) is 4.01. The van der Waals surface area contributed by atoms with Crippen LogP contribution in [0.4, 0.5) is 10.5 Å². The van der Waals surface area contributed by atoms with Gasteiger partial charge in [0.05, 0.1) is 5.69 Å². The van der Waals surface area contributed by atoms with Gasteiger partial charge < -0.3 is 10.2 Å². The highest BCUT2D eigenvalue weighted by molar-refractivity contribution is 8.00. The van der Waals surface area contributed by atoms with Crippen LogP contribution in [0.25, 0.3) is 0 Å². The van der Waals surface area contributed by atoms with Gasteiger partial charge in [-0.25, -0.2) is 4.79 Å². The van der Waals surface area contributed by atoms with Gasteiger partial charge >= 0.3 is 6.03 Å². The molecular weight excluding hydrogens is 422 g/mol. The van der Waals surface area contributed by atoms with Crippen molar-refractivity contribution < 1.29 is 14.4 Å². The minimum absolute atomic E-state index is 0.255. The molecule has 2 aliphatic rings. The highest BCUT2D eigenvalue weighted by atomic mass is 32.2. The number of nitrogens with one attached hydrogen (secondary N) is 1. The largest absolute Gasteiger partial charge is 0.325 e. The van der Waals surface area contributed by atoms with Gasteiger partial charge in [-0.05, 0) is 42.5 Å². The molecule has 4 rings (SSSR count). The molecule has 2 aliphatic heterocycles. The predicted molar refractivity (Wildman–Crippen MR) is 127 cm³/mol. The number of rotatable bonds is 4. The Morgan fingerprint density at radius 3 is 2.53 bits per heavy atom. The number of benzene rings is 2. The Balaban J connectivity index is 1.55. The summed E-state index contributed by atoms with van der Waals surface area (Å²) in [5.41, 5.74) is 1.52. The van der Waals surface area contributed by atoms with Gasteiger partial charge in [-0.3, -0.25) is 14.5 Å². The maximum absolute atomic E-state index is 13.3. The lowest BCUT2D eigenvalue weighted by Gasteiger charge is -2.25. The molecular formula is C25H29N3O3S. The number of imide groups is 1. The van der Waals surface area contributed by atoms with Crippen molar-refractivity contribution in [1.82, 2.24) is 10.2 Å². The molecule has 1 N–H and O–H groups in total. The summed E-state index contributed by atoms with van der Waals surface area (Å²) in [4.78, 5) is 43.1. The predicted octanol–water partition coefficient (Wildman–Crippen LogP) is 4.49. The van der Waals surface area contributed by atoms with Crippen molar-refractivity contribution >= 4 is 35.3 Å². The van der Waals surface area contributed by atoms with Crippen molar-refractivity contribution in [1.29, 1.82) is 0 Å². The third-order valence-corrected chi connectivity index (χ3v) is 7.50. The minimum Gasteiger partial charge on any atom is -0.319 e. The second kappa shape index (κ2) is 8.62. The third-order valence-electron chi connectivity index (χ3n) is 6.27. The molecule has 2 aromatic rings. The van der Waals surface area contributed by atoms with Crippen LogP contribution in [0.5, 0.6) is 0 Å². The van der Waals surface area contributed by atoms with Crippen LogP contribution in [0.1, 0.15) is 51.2 Å². The molecule has 0 saturated carbocycles. The van der Waals surface area contributed by atoms with Gasteiger partial charge in [0.25, 0.3) is 5.91 Å². The number of carbonyl (C=O) groups excluding carboxylic acids is 3. The van der Waals surface area contributed by atoms with Crippen molar-refractivity contribution in [3.63, 3.8) is 0 Å². The lowest BCUT2D eigenvalue weighted by molar-refractivity contribution is -0.134. The van der Waals surface area contributed by atoms with Crippen molar-refractivity contribution in [3.8, 4) is 0 Å². The maximum Gasteiger partial charge on any atom is 0.325 e. The van der Waals surface area contributed by atoms with E-state index in [9.17, 15) is 14.4 Å². The van der Waals surface area contributed by atoms with Crippen LogP contribution in [0.15, 0.2) is 53.4 Å². The van der Waals surface area contributed by atoms with Gasteiger partial charge in [-0.2, -0.15) is 0 Å². The van der Waals surface area contributed by atoms with Gasteiger partial charge in [0, 0.05) is 16.7 Å². The first-order valence-corrected chi connectivity index (χ1v) is 11.9. The van der Waals surface area contributed by atoms with Gasteiger partial charge in [-0.15, -0.1) is 11.8 Å². The lowest BCUT2D eigenvalue weighted by Crippen LogP contribution is -2.45. The average molecular weight is 452 g/mol. The summed E-state index contributed by atoms with van der Waals surface area (Å²) in [5.74, 6) is -0.286. The second-order valence-electron chi connectivity index (χ2n) is 8.95. The zero-order valence-corrected chi connectivity index (χ0v) is 19.7. The van der Waals surface area contributed by atoms with Crippen LogP contribution in [-0.4, -0.2) is 41.1 Å². The lowest BCUT2D eigenvalue weighted by atomic mass is 9.90. The van der Waals surface area contributed by atoms with E-state index in [0.717, 1.165) is 27.5 Å². The number of nitrogens with zero attached hydrogens (tertiary/aromatic N) is 2. The highest BCUT2D eigenvalue weighted by Gasteiger charge is 2.49. The smallest absolute Gasteiger partial charge is 0.319 e. The normalized spacial score (nSPS) is 23.2. The number of anilines is 1. The summed E-state index contributed by atoms with van der Waals surface area (Å²) in [7, 11) is 0. The number of urea groups is 1. The summed E-state index contributed by atoms with van der Waals surface area (Å²) in [6.45, 7) is 8.32. The van der Waals surface area contributed by atoms with Crippen LogP contribution in [-0.2, 0) is 15.1 Å². The van der Waals surface area contributed by atoms with Crippen LogP contribution in [0.3, 0.4) is 0 Å². The number of thioether (sulfide) groups is 1. The number of fused-ring (bicyclic) bond motifs is 1. The Bertz CT molecular complexity index is 1050. The van der Waals surface area contributed by atoms with Crippen molar-refractivity contribution in [2.24, 2.45) is 0 Å². The molecule has 168 valence electrons. The monoisotopic (exact) mass is 451 g/mol. The molecule has 2 aromatic carbocycles.